The minimum Gasteiger partial charge on any atom is -0.208 e. The molecule has 0 bridgehead atoms. The molecule has 1 aromatic rings. The third-order valence-corrected chi connectivity index (χ3v) is 6.36. The monoisotopic (exact) mass is 351 g/mol. The molecule has 3 nitrogen and oxygen atoms in total. The van der Waals surface area contributed by atoms with Crippen molar-refractivity contribution >= 4 is 37.6 Å². The van der Waals surface area contributed by atoms with Crippen molar-refractivity contribution in [3.63, 3.8) is 0 Å². The average Bonchev–Trinajstić information content (AvgIpc) is 2.33. The summed E-state index contributed by atoms with van der Waals surface area (Å²) >= 11 is 9.15. The Kier molecular flexibility index (Phi) is 4.69. The maximum absolute atomic E-state index is 12.3. The van der Waals surface area contributed by atoms with E-state index in [0.717, 1.165) is 25.7 Å². The summed E-state index contributed by atoms with van der Waals surface area (Å²) in [5.74, 6) is 0. The second kappa shape index (κ2) is 5.90. The minimum atomic E-state index is -3.49. The molecule has 0 spiro atoms. The molecule has 0 radical (unpaired) electrons. The number of hydrogen-bond acceptors (Lipinski definition) is 2. The van der Waals surface area contributed by atoms with Gasteiger partial charge >= 0.3 is 0 Å². The first-order valence-electron chi connectivity index (χ1n) is 5.97. The standard InChI is InChI=1S/C12H15BrClNO2S/c13-12-10(14)7-4-8-11(12)18(16,17)15-9-5-2-1-3-6-9/h4,7-9,15H,1-3,5-6H2. The fraction of sp³-hybridized carbons (Fsp3) is 0.500. The highest BCUT2D eigenvalue weighted by Crippen LogP contribution is 2.30. The molecular formula is C12H15BrClNO2S. The molecule has 1 aromatic carbocycles. The van der Waals surface area contributed by atoms with E-state index in [1.807, 2.05) is 0 Å². The van der Waals surface area contributed by atoms with Gasteiger partial charge in [0.15, 0.2) is 0 Å². The molecule has 1 aliphatic carbocycles. The van der Waals surface area contributed by atoms with Gasteiger partial charge in [-0.15, -0.1) is 0 Å². The SMILES string of the molecule is O=S(=O)(NC1CCCCC1)c1cccc(Cl)c1Br. The summed E-state index contributed by atoms with van der Waals surface area (Å²) in [6.07, 6.45) is 5.20. The first-order chi connectivity index (χ1) is 8.50. The number of benzene rings is 1. The highest BCUT2D eigenvalue weighted by atomic mass is 79.9. The van der Waals surface area contributed by atoms with Crippen LogP contribution >= 0.6 is 27.5 Å². The molecule has 0 aliphatic heterocycles. The van der Waals surface area contributed by atoms with Gasteiger partial charge in [0.2, 0.25) is 10.0 Å². The molecule has 0 saturated heterocycles. The Morgan fingerprint density at radius 3 is 2.56 bits per heavy atom. The van der Waals surface area contributed by atoms with Crippen molar-refractivity contribution in [3.05, 3.63) is 27.7 Å². The van der Waals surface area contributed by atoms with Crippen molar-refractivity contribution in [2.24, 2.45) is 0 Å². The van der Waals surface area contributed by atoms with Crippen LogP contribution in [-0.2, 0) is 10.0 Å². The van der Waals surface area contributed by atoms with E-state index in [2.05, 4.69) is 20.7 Å². The first-order valence-corrected chi connectivity index (χ1v) is 8.62. The van der Waals surface area contributed by atoms with Gasteiger partial charge < -0.3 is 0 Å². The van der Waals surface area contributed by atoms with Crippen LogP contribution in [0.3, 0.4) is 0 Å². The zero-order valence-electron chi connectivity index (χ0n) is 9.83. The van der Waals surface area contributed by atoms with E-state index in [1.54, 1.807) is 18.2 Å². The second-order valence-electron chi connectivity index (χ2n) is 4.51. The lowest BCUT2D eigenvalue weighted by Gasteiger charge is -2.22. The molecule has 1 aliphatic rings. The van der Waals surface area contributed by atoms with Crippen LogP contribution in [0.25, 0.3) is 0 Å². The number of hydrogen-bond donors (Lipinski definition) is 1. The van der Waals surface area contributed by atoms with E-state index in [1.165, 1.54) is 6.42 Å². The van der Waals surface area contributed by atoms with Crippen molar-refractivity contribution in [1.29, 1.82) is 0 Å². The molecule has 1 fully saturated rings. The van der Waals surface area contributed by atoms with Crippen LogP contribution in [0.5, 0.6) is 0 Å². The van der Waals surface area contributed by atoms with E-state index in [0.29, 0.717) is 9.50 Å². The maximum atomic E-state index is 12.3. The lowest BCUT2D eigenvalue weighted by atomic mass is 9.96. The number of halogens is 2. The Labute approximate surface area is 121 Å². The Bertz CT molecular complexity index is 527. The van der Waals surface area contributed by atoms with Crippen LogP contribution < -0.4 is 4.72 Å². The summed E-state index contributed by atoms with van der Waals surface area (Å²) in [6, 6.07) is 4.91. The molecule has 0 amide bonds. The lowest BCUT2D eigenvalue weighted by molar-refractivity contribution is 0.412. The zero-order chi connectivity index (χ0) is 13.2. The topological polar surface area (TPSA) is 46.2 Å². The van der Waals surface area contributed by atoms with E-state index in [-0.39, 0.29) is 10.9 Å². The van der Waals surface area contributed by atoms with E-state index < -0.39 is 10.0 Å². The Morgan fingerprint density at radius 2 is 1.89 bits per heavy atom. The average molecular weight is 353 g/mol. The number of rotatable bonds is 3. The Hall–Kier alpha value is -0.100. The Balaban J connectivity index is 2.22. The second-order valence-corrected chi connectivity index (χ2v) is 7.39. The number of sulfonamides is 1. The summed E-state index contributed by atoms with van der Waals surface area (Å²) in [5.41, 5.74) is 0. The predicted molar refractivity (Wildman–Crippen MR) is 76.3 cm³/mol. The van der Waals surface area contributed by atoms with Crippen LogP contribution in [-0.4, -0.2) is 14.5 Å². The smallest absolute Gasteiger partial charge is 0.208 e. The molecule has 18 heavy (non-hydrogen) atoms. The maximum Gasteiger partial charge on any atom is 0.241 e. The highest BCUT2D eigenvalue weighted by molar-refractivity contribution is 9.10. The van der Waals surface area contributed by atoms with Crippen molar-refractivity contribution in [2.75, 3.05) is 0 Å². The molecule has 2 rings (SSSR count). The molecule has 0 aromatic heterocycles. The van der Waals surface area contributed by atoms with Gasteiger partial charge in [-0.2, -0.15) is 0 Å². The molecule has 0 heterocycles. The molecule has 0 atom stereocenters. The van der Waals surface area contributed by atoms with Crippen molar-refractivity contribution in [1.82, 2.24) is 4.72 Å². The quantitative estimate of drug-likeness (QED) is 0.901. The third kappa shape index (κ3) is 3.26. The van der Waals surface area contributed by atoms with Gasteiger partial charge in [-0.05, 0) is 40.9 Å². The van der Waals surface area contributed by atoms with Crippen molar-refractivity contribution in [2.45, 2.75) is 43.0 Å². The van der Waals surface area contributed by atoms with Crippen LogP contribution in [0.1, 0.15) is 32.1 Å². The van der Waals surface area contributed by atoms with Gasteiger partial charge in [0.1, 0.15) is 0 Å². The minimum absolute atomic E-state index is 0.0506. The van der Waals surface area contributed by atoms with Gasteiger partial charge in [0.05, 0.1) is 14.4 Å². The first kappa shape index (κ1) is 14.3. The summed E-state index contributed by atoms with van der Waals surface area (Å²) in [5, 5.41) is 0.404. The van der Waals surface area contributed by atoms with Crippen LogP contribution in [0.4, 0.5) is 0 Å². The van der Waals surface area contributed by atoms with Crippen LogP contribution in [0, 0.1) is 0 Å². The van der Waals surface area contributed by atoms with Gasteiger partial charge in [0, 0.05) is 6.04 Å². The van der Waals surface area contributed by atoms with Gasteiger partial charge in [-0.3, -0.25) is 0 Å². The van der Waals surface area contributed by atoms with Crippen molar-refractivity contribution < 1.29 is 8.42 Å². The Morgan fingerprint density at radius 1 is 1.22 bits per heavy atom. The summed E-state index contributed by atoms with van der Waals surface area (Å²) in [4.78, 5) is 0.209. The van der Waals surface area contributed by atoms with Gasteiger partial charge in [-0.25, -0.2) is 13.1 Å². The van der Waals surface area contributed by atoms with Crippen LogP contribution in [0.15, 0.2) is 27.6 Å². The van der Waals surface area contributed by atoms with E-state index >= 15 is 0 Å². The summed E-state index contributed by atoms with van der Waals surface area (Å²) in [6.45, 7) is 0. The normalized spacial score (nSPS) is 17.9. The van der Waals surface area contributed by atoms with Gasteiger partial charge in [-0.1, -0.05) is 36.9 Å². The van der Waals surface area contributed by atoms with E-state index in [4.69, 9.17) is 11.6 Å². The van der Waals surface area contributed by atoms with Crippen molar-refractivity contribution in [3.8, 4) is 0 Å². The molecule has 1 N–H and O–H groups in total. The largest absolute Gasteiger partial charge is 0.241 e. The molecular weight excluding hydrogens is 338 g/mol. The number of nitrogens with one attached hydrogen (secondary N) is 1. The molecule has 1 saturated carbocycles. The summed E-state index contributed by atoms with van der Waals surface area (Å²) in [7, 11) is -3.49. The van der Waals surface area contributed by atoms with E-state index in [9.17, 15) is 8.42 Å². The molecule has 100 valence electrons. The van der Waals surface area contributed by atoms with Gasteiger partial charge in [0.25, 0.3) is 0 Å². The predicted octanol–water partition coefficient (Wildman–Crippen LogP) is 3.71. The molecule has 6 heteroatoms. The highest BCUT2D eigenvalue weighted by Gasteiger charge is 2.24. The third-order valence-electron chi connectivity index (χ3n) is 3.13. The van der Waals surface area contributed by atoms with Crippen LogP contribution in [0.2, 0.25) is 5.02 Å². The zero-order valence-corrected chi connectivity index (χ0v) is 13.0. The lowest BCUT2D eigenvalue weighted by Crippen LogP contribution is -2.36. The fourth-order valence-corrected chi connectivity index (χ4v) is 4.73. The molecule has 0 unspecified atom stereocenters. The summed E-state index contributed by atoms with van der Waals surface area (Å²) < 4.78 is 27.7. The fourth-order valence-electron chi connectivity index (χ4n) is 2.19.